The standard InChI is InChI=1S/C14H14N2O5/c1-21-14(20)9-4-2-3-8(7-9)12(18)15-10-5-6-11(17)16-13(10)19/h2-4,7,10H,5-6H2,1H3,(H,15,18)(H,16,17,19). The van der Waals surface area contributed by atoms with Crippen LogP contribution in [0.5, 0.6) is 0 Å². The fourth-order valence-corrected chi connectivity index (χ4v) is 1.98. The van der Waals surface area contributed by atoms with Crippen LogP contribution in [-0.2, 0) is 14.3 Å². The van der Waals surface area contributed by atoms with Gasteiger partial charge in [-0.15, -0.1) is 0 Å². The lowest BCUT2D eigenvalue weighted by molar-refractivity contribution is -0.134. The number of methoxy groups -OCH3 is 1. The van der Waals surface area contributed by atoms with Gasteiger partial charge >= 0.3 is 5.97 Å². The molecule has 0 radical (unpaired) electrons. The normalized spacial score (nSPS) is 17.9. The third-order valence-electron chi connectivity index (χ3n) is 3.09. The molecule has 1 atom stereocenters. The molecule has 1 unspecified atom stereocenters. The van der Waals surface area contributed by atoms with Crippen molar-refractivity contribution >= 4 is 23.7 Å². The SMILES string of the molecule is COC(=O)c1cccc(C(=O)NC2CCC(=O)NC2=O)c1. The number of benzene rings is 1. The number of hydrogen-bond acceptors (Lipinski definition) is 5. The second-order valence-electron chi connectivity index (χ2n) is 4.55. The van der Waals surface area contributed by atoms with Gasteiger partial charge in [0.05, 0.1) is 12.7 Å². The molecule has 0 saturated carbocycles. The number of ether oxygens (including phenoxy) is 1. The average Bonchev–Trinajstić information content (AvgIpc) is 2.49. The van der Waals surface area contributed by atoms with Gasteiger partial charge in [-0.2, -0.15) is 0 Å². The Kier molecular flexibility index (Phi) is 4.32. The summed E-state index contributed by atoms with van der Waals surface area (Å²) in [5.41, 5.74) is 0.482. The first-order valence-electron chi connectivity index (χ1n) is 6.34. The van der Waals surface area contributed by atoms with E-state index in [2.05, 4.69) is 15.4 Å². The molecule has 21 heavy (non-hydrogen) atoms. The van der Waals surface area contributed by atoms with E-state index >= 15 is 0 Å². The van der Waals surface area contributed by atoms with Gasteiger partial charge in [0, 0.05) is 12.0 Å². The number of nitrogens with one attached hydrogen (secondary N) is 2. The largest absolute Gasteiger partial charge is 0.465 e. The Morgan fingerprint density at radius 1 is 1.29 bits per heavy atom. The molecule has 1 heterocycles. The highest BCUT2D eigenvalue weighted by molar-refractivity contribution is 6.04. The zero-order chi connectivity index (χ0) is 15.4. The minimum Gasteiger partial charge on any atom is -0.465 e. The summed E-state index contributed by atoms with van der Waals surface area (Å²) in [6, 6.07) is 5.22. The van der Waals surface area contributed by atoms with E-state index in [1.165, 1.54) is 25.3 Å². The first kappa shape index (κ1) is 14.7. The number of esters is 1. The Balaban J connectivity index is 2.08. The van der Waals surface area contributed by atoms with Crippen molar-refractivity contribution in [2.24, 2.45) is 0 Å². The van der Waals surface area contributed by atoms with Gasteiger partial charge in [-0.1, -0.05) is 6.07 Å². The molecule has 1 aliphatic rings. The van der Waals surface area contributed by atoms with E-state index in [0.29, 0.717) is 0 Å². The Bertz CT molecular complexity index is 611. The van der Waals surface area contributed by atoms with Crippen molar-refractivity contribution in [3.63, 3.8) is 0 Å². The molecule has 1 saturated heterocycles. The van der Waals surface area contributed by atoms with E-state index in [4.69, 9.17) is 0 Å². The first-order chi connectivity index (χ1) is 10.0. The molecule has 0 aliphatic carbocycles. The molecule has 3 amide bonds. The lowest BCUT2D eigenvalue weighted by atomic mass is 10.0. The van der Waals surface area contributed by atoms with Gasteiger partial charge in [0.15, 0.2) is 0 Å². The second-order valence-corrected chi connectivity index (χ2v) is 4.55. The monoisotopic (exact) mass is 290 g/mol. The van der Waals surface area contributed by atoms with Crippen LogP contribution in [0.3, 0.4) is 0 Å². The summed E-state index contributed by atoms with van der Waals surface area (Å²) in [6.07, 6.45) is 0.436. The van der Waals surface area contributed by atoms with E-state index in [1.54, 1.807) is 6.07 Å². The molecule has 0 spiro atoms. The number of rotatable bonds is 3. The summed E-state index contributed by atoms with van der Waals surface area (Å²) in [4.78, 5) is 46.1. The van der Waals surface area contributed by atoms with Crippen molar-refractivity contribution in [3.05, 3.63) is 35.4 Å². The zero-order valence-electron chi connectivity index (χ0n) is 11.3. The van der Waals surface area contributed by atoms with Crippen LogP contribution in [0.15, 0.2) is 24.3 Å². The van der Waals surface area contributed by atoms with E-state index < -0.39 is 23.8 Å². The summed E-state index contributed by atoms with van der Waals surface area (Å²) in [6.45, 7) is 0. The Hall–Kier alpha value is -2.70. The molecule has 7 heteroatoms. The fraction of sp³-hybridized carbons (Fsp3) is 0.286. The number of carbonyl (C=O) groups is 4. The minimum atomic E-state index is -0.753. The van der Waals surface area contributed by atoms with Gasteiger partial charge in [-0.25, -0.2) is 4.79 Å². The van der Waals surface area contributed by atoms with Crippen molar-refractivity contribution < 1.29 is 23.9 Å². The quantitative estimate of drug-likeness (QED) is 0.603. The van der Waals surface area contributed by atoms with Crippen molar-refractivity contribution in [1.82, 2.24) is 10.6 Å². The molecule has 1 fully saturated rings. The zero-order valence-corrected chi connectivity index (χ0v) is 11.3. The van der Waals surface area contributed by atoms with Crippen LogP contribution in [0.2, 0.25) is 0 Å². The molecular weight excluding hydrogens is 276 g/mol. The third-order valence-corrected chi connectivity index (χ3v) is 3.09. The number of carbonyl (C=O) groups excluding carboxylic acids is 4. The van der Waals surface area contributed by atoms with E-state index in [1.807, 2.05) is 0 Å². The summed E-state index contributed by atoms with van der Waals surface area (Å²) in [7, 11) is 1.25. The van der Waals surface area contributed by atoms with E-state index in [0.717, 1.165) is 0 Å². The maximum absolute atomic E-state index is 12.1. The van der Waals surface area contributed by atoms with Crippen molar-refractivity contribution in [3.8, 4) is 0 Å². The van der Waals surface area contributed by atoms with E-state index in [9.17, 15) is 19.2 Å². The van der Waals surface area contributed by atoms with Crippen LogP contribution in [0.25, 0.3) is 0 Å². The molecule has 1 aliphatic heterocycles. The smallest absolute Gasteiger partial charge is 0.337 e. The Morgan fingerprint density at radius 3 is 2.67 bits per heavy atom. The summed E-state index contributed by atoms with van der Waals surface area (Å²) < 4.78 is 4.58. The molecule has 0 aromatic heterocycles. The summed E-state index contributed by atoms with van der Waals surface area (Å²) in [5.74, 6) is -1.91. The van der Waals surface area contributed by atoms with Crippen LogP contribution in [0.4, 0.5) is 0 Å². The topological polar surface area (TPSA) is 102 Å². The van der Waals surface area contributed by atoms with Gasteiger partial charge in [0.1, 0.15) is 6.04 Å². The molecule has 7 nitrogen and oxygen atoms in total. The highest BCUT2D eigenvalue weighted by atomic mass is 16.5. The maximum atomic E-state index is 12.1. The predicted octanol–water partition coefficient (Wildman–Crippen LogP) is 0.00820. The van der Waals surface area contributed by atoms with Crippen LogP contribution >= 0.6 is 0 Å². The molecule has 1 aromatic carbocycles. The summed E-state index contributed by atoms with van der Waals surface area (Å²) >= 11 is 0. The summed E-state index contributed by atoms with van der Waals surface area (Å²) in [5, 5.41) is 4.69. The third kappa shape index (κ3) is 3.44. The van der Waals surface area contributed by atoms with Gasteiger partial charge in [-0.05, 0) is 24.6 Å². The number of imide groups is 1. The number of piperidine rings is 1. The lowest BCUT2D eigenvalue weighted by Crippen LogP contribution is -2.52. The first-order valence-corrected chi connectivity index (χ1v) is 6.34. The Morgan fingerprint density at radius 2 is 2.00 bits per heavy atom. The molecular formula is C14H14N2O5. The number of hydrogen-bond donors (Lipinski definition) is 2. The number of amides is 3. The average molecular weight is 290 g/mol. The van der Waals surface area contributed by atoms with Crippen LogP contribution < -0.4 is 10.6 Å². The predicted molar refractivity (Wildman–Crippen MR) is 71.4 cm³/mol. The fourth-order valence-electron chi connectivity index (χ4n) is 1.98. The van der Waals surface area contributed by atoms with Gasteiger partial charge < -0.3 is 10.1 Å². The second kappa shape index (κ2) is 6.17. The highest BCUT2D eigenvalue weighted by Gasteiger charge is 2.28. The minimum absolute atomic E-state index is 0.179. The molecule has 2 N–H and O–H groups in total. The molecule has 0 bridgehead atoms. The maximum Gasteiger partial charge on any atom is 0.337 e. The van der Waals surface area contributed by atoms with Gasteiger partial charge in [0.25, 0.3) is 5.91 Å². The van der Waals surface area contributed by atoms with Crippen LogP contribution in [0, 0.1) is 0 Å². The van der Waals surface area contributed by atoms with Crippen molar-refractivity contribution in [2.45, 2.75) is 18.9 Å². The van der Waals surface area contributed by atoms with Gasteiger partial charge in [0.2, 0.25) is 11.8 Å². The van der Waals surface area contributed by atoms with Crippen molar-refractivity contribution in [1.29, 1.82) is 0 Å². The highest BCUT2D eigenvalue weighted by Crippen LogP contribution is 2.09. The molecule has 2 rings (SSSR count). The van der Waals surface area contributed by atoms with Crippen LogP contribution in [0.1, 0.15) is 33.6 Å². The Labute approximate surface area is 120 Å². The molecule has 1 aromatic rings. The van der Waals surface area contributed by atoms with Gasteiger partial charge in [-0.3, -0.25) is 19.7 Å². The van der Waals surface area contributed by atoms with Crippen LogP contribution in [-0.4, -0.2) is 36.8 Å². The van der Waals surface area contributed by atoms with E-state index in [-0.39, 0.29) is 29.9 Å². The molecule has 110 valence electrons. The lowest BCUT2D eigenvalue weighted by Gasteiger charge is -2.21. The van der Waals surface area contributed by atoms with Crippen molar-refractivity contribution in [2.75, 3.05) is 7.11 Å².